The summed E-state index contributed by atoms with van der Waals surface area (Å²) in [7, 11) is 1.66. The first-order chi connectivity index (χ1) is 9.70. The Morgan fingerprint density at radius 3 is 2.90 bits per heavy atom. The molecule has 1 amide bonds. The number of hydrogen-bond donors (Lipinski definition) is 2. The van der Waals surface area contributed by atoms with E-state index in [4.69, 9.17) is 4.74 Å². The van der Waals surface area contributed by atoms with Crippen molar-refractivity contribution >= 4 is 18.3 Å². The summed E-state index contributed by atoms with van der Waals surface area (Å²) in [6.07, 6.45) is 2.24. The average molecular weight is 313 g/mol. The van der Waals surface area contributed by atoms with Gasteiger partial charge in [0.15, 0.2) is 0 Å². The van der Waals surface area contributed by atoms with Crippen molar-refractivity contribution in [3.05, 3.63) is 29.8 Å². The predicted molar refractivity (Wildman–Crippen MR) is 87.1 cm³/mol. The molecule has 2 atom stereocenters. The van der Waals surface area contributed by atoms with Gasteiger partial charge < -0.3 is 15.4 Å². The van der Waals surface area contributed by atoms with E-state index in [1.807, 2.05) is 24.3 Å². The van der Waals surface area contributed by atoms with Crippen molar-refractivity contribution in [2.24, 2.45) is 5.92 Å². The van der Waals surface area contributed by atoms with Gasteiger partial charge in [0, 0.05) is 12.5 Å². The van der Waals surface area contributed by atoms with Gasteiger partial charge in [0.1, 0.15) is 5.75 Å². The second-order valence-electron chi connectivity index (χ2n) is 5.46. The van der Waals surface area contributed by atoms with Gasteiger partial charge in [0.05, 0.1) is 7.11 Å². The second-order valence-corrected chi connectivity index (χ2v) is 5.46. The molecule has 1 aromatic rings. The van der Waals surface area contributed by atoms with Crippen molar-refractivity contribution in [1.82, 2.24) is 10.6 Å². The van der Waals surface area contributed by atoms with Crippen LogP contribution in [0.4, 0.5) is 0 Å². The van der Waals surface area contributed by atoms with E-state index in [-0.39, 0.29) is 18.3 Å². The topological polar surface area (TPSA) is 50.4 Å². The predicted octanol–water partition coefficient (Wildman–Crippen LogP) is 2.16. The zero-order valence-corrected chi connectivity index (χ0v) is 13.5. The van der Waals surface area contributed by atoms with E-state index in [2.05, 4.69) is 17.6 Å². The summed E-state index contributed by atoms with van der Waals surface area (Å²) in [4.78, 5) is 12.1. The molecule has 1 aromatic carbocycles. The van der Waals surface area contributed by atoms with Gasteiger partial charge in [0.2, 0.25) is 5.91 Å². The van der Waals surface area contributed by atoms with Crippen LogP contribution in [-0.4, -0.2) is 32.1 Å². The molecule has 0 radical (unpaired) electrons. The molecule has 1 fully saturated rings. The number of hydrogen-bond acceptors (Lipinski definition) is 3. The molecule has 1 aliphatic rings. The molecule has 0 aromatic heterocycles. The molecule has 1 saturated heterocycles. The fourth-order valence-electron chi connectivity index (χ4n) is 2.67. The molecule has 0 aliphatic carbocycles. The Labute approximate surface area is 133 Å². The Morgan fingerprint density at radius 1 is 1.43 bits per heavy atom. The van der Waals surface area contributed by atoms with E-state index in [9.17, 15) is 4.79 Å². The number of aryl methyl sites for hydroxylation is 1. The Kier molecular flexibility index (Phi) is 7.54. The Morgan fingerprint density at radius 2 is 2.19 bits per heavy atom. The van der Waals surface area contributed by atoms with Gasteiger partial charge in [-0.1, -0.05) is 25.1 Å². The van der Waals surface area contributed by atoms with Crippen molar-refractivity contribution in [3.63, 3.8) is 0 Å². The van der Waals surface area contributed by atoms with E-state index < -0.39 is 0 Å². The second kappa shape index (κ2) is 8.90. The normalized spacial score (nSPS) is 21.2. The summed E-state index contributed by atoms with van der Waals surface area (Å²) in [6, 6.07) is 8.17. The summed E-state index contributed by atoms with van der Waals surface area (Å²) in [5.74, 6) is 1.49. The van der Waals surface area contributed by atoms with Crippen LogP contribution in [0.25, 0.3) is 0 Å². The molecule has 1 aliphatic heterocycles. The smallest absolute Gasteiger partial charge is 0.220 e. The molecular weight excluding hydrogens is 288 g/mol. The molecule has 2 rings (SSSR count). The third-order valence-electron chi connectivity index (χ3n) is 3.95. The summed E-state index contributed by atoms with van der Waals surface area (Å²) in [5, 5.41) is 6.50. The highest BCUT2D eigenvalue weighted by Gasteiger charge is 2.22. The summed E-state index contributed by atoms with van der Waals surface area (Å²) >= 11 is 0. The van der Waals surface area contributed by atoms with Crippen LogP contribution in [0.3, 0.4) is 0 Å². The van der Waals surface area contributed by atoms with Gasteiger partial charge in [-0.2, -0.15) is 0 Å². The lowest BCUT2D eigenvalue weighted by Gasteiger charge is -2.30. The zero-order valence-electron chi connectivity index (χ0n) is 12.7. The highest BCUT2D eigenvalue weighted by atomic mass is 35.5. The number of benzene rings is 1. The fraction of sp³-hybridized carbons (Fsp3) is 0.562. The highest BCUT2D eigenvalue weighted by Crippen LogP contribution is 2.19. The van der Waals surface area contributed by atoms with Crippen LogP contribution < -0.4 is 15.4 Å². The number of methoxy groups -OCH3 is 1. The zero-order chi connectivity index (χ0) is 14.4. The van der Waals surface area contributed by atoms with Gasteiger partial charge in [-0.25, -0.2) is 0 Å². The van der Waals surface area contributed by atoms with Gasteiger partial charge in [0.25, 0.3) is 0 Å². The molecular formula is C16H25ClN2O2. The lowest BCUT2D eigenvalue weighted by molar-refractivity contribution is -0.122. The van der Waals surface area contributed by atoms with E-state index in [0.717, 1.165) is 37.2 Å². The molecule has 4 nitrogen and oxygen atoms in total. The third-order valence-corrected chi connectivity index (χ3v) is 3.95. The number of nitrogens with one attached hydrogen (secondary N) is 2. The van der Waals surface area contributed by atoms with Crippen molar-refractivity contribution in [2.45, 2.75) is 32.2 Å². The highest BCUT2D eigenvalue weighted by molar-refractivity contribution is 5.85. The van der Waals surface area contributed by atoms with Gasteiger partial charge >= 0.3 is 0 Å². The molecule has 0 bridgehead atoms. The van der Waals surface area contributed by atoms with Gasteiger partial charge in [-0.15, -0.1) is 12.4 Å². The summed E-state index contributed by atoms with van der Waals surface area (Å²) in [5.41, 5.74) is 1.09. The van der Waals surface area contributed by atoms with Crippen LogP contribution >= 0.6 is 12.4 Å². The number of amides is 1. The molecule has 2 N–H and O–H groups in total. The van der Waals surface area contributed by atoms with Crippen LogP contribution in [0, 0.1) is 5.92 Å². The average Bonchev–Trinajstić information content (AvgIpc) is 2.48. The van der Waals surface area contributed by atoms with Crippen LogP contribution in [-0.2, 0) is 11.2 Å². The van der Waals surface area contributed by atoms with E-state index in [1.165, 1.54) is 0 Å². The van der Waals surface area contributed by atoms with Crippen LogP contribution in [0.15, 0.2) is 24.3 Å². The van der Waals surface area contributed by atoms with Crippen LogP contribution in [0.5, 0.6) is 5.75 Å². The van der Waals surface area contributed by atoms with Crippen LogP contribution in [0.2, 0.25) is 0 Å². The van der Waals surface area contributed by atoms with Crippen molar-refractivity contribution in [3.8, 4) is 5.75 Å². The first kappa shape index (κ1) is 17.8. The maximum absolute atomic E-state index is 12.1. The van der Waals surface area contributed by atoms with E-state index >= 15 is 0 Å². The molecule has 1 heterocycles. The van der Waals surface area contributed by atoms with E-state index in [0.29, 0.717) is 18.4 Å². The minimum atomic E-state index is 0. The molecule has 0 spiro atoms. The third kappa shape index (κ3) is 5.21. The van der Waals surface area contributed by atoms with Crippen molar-refractivity contribution in [1.29, 1.82) is 0 Å². The monoisotopic (exact) mass is 312 g/mol. The lowest BCUT2D eigenvalue weighted by Crippen LogP contribution is -2.48. The molecule has 21 heavy (non-hydrogen) atoms. The van der Waals surface area contributed by atoms with Crippen molar-refractivity contribution < 1.29 is 9.53 Å². The first-order valence-electron chi connectivity index (χ1n) is 7.32. The summed E-state index contributed by atoms with van der Waals surface area (Å²) in [6.45, 7) is 4.15. The van der Waals surface area contributed by atoms with E-state index in [1.54, 1.807) is 7.11 Å². The summed E-state index contributed by atoms with van der Waals surface area (Å²) < 4.78 is 5.30. The number of carbonyl (C=O) groups excluding carboxylic acids is 1. The quantitative estimate of drug-likeness (QED) is 0.876. The molecule has 5 heteroatoms. The fourth-order valence-corrected chi connectivity index (χ4v) is 2.67. The van der Waals surface area contributed by atoms with Crippen molar-refractivity contribution in [2.75, 3.05) is 20.2 Å². The molecule has 118 valence electrons. The molecule has 2 unspecified atom stereocenters. The number of piperidine rings is 1. The largest absolute Gasteiger partial charge is 0.496 e. The standard InChI is InChI=1S/C16H24N2O2.ClH/c1-12-11-17-10-9-14(12)18-16(19)8-7-13-5-3-4-6-15(13)20-2;/h3-6,12,14,17H,7-11H2,1-2H3,(H,18,19);1H. The Balaban J connectivity index is 0.00000220. The number of para-hydroxylation sites is 1. The van der Waals surface area contributed by atoms with Crippen LogP contribution in [0.1, 0.15) is 25.3 Å². The Hall–Kier alpha value is -1.26. The number of halogens is 1. The first-order valence-corrected chi connectivity index (χ1v) is 7.32. The number of carbonyl (C=O) groups is 1. The molecule has 0 saturated carbocycles. The number of rotatable bonds is 5. The minimum Gasteiger partial charge on any atom is -0.496 e. The number of ether oxygens (including phenoxy) is 1. The maximum atomic E-state index is 12.1. The Bertz CT molecular complexity index is 454. The van der Waals surface area contributed by atoms with Gasteiger partial charge in [-0.05, 0) is 43.5 Å². The van der Waals surface area contributed by atoms with Gasteiger partial charge in [-0.3, -0.25) is 4.79 Å². The SMILES string of the molecule is COc1ccccc1CCC(=O)NC1CCNCC1C.Cl. The minimum absolute atomic E-state index is 0. The maximum Gasteiger partial charge on any atom is 0.220 e. The lowest BCUT2D eigenvalue weighted by atomic mass is 9.95.